The Morgan fingerprint density at radius 3 is 0.446 bits per heavy atom. The molecule has 0 aromatic heterocycles. The third-order valence-electron chi connectivity index (χ3n) is 23.4. The standard InChI is InChI=1S/2C45H69Ge2.C14H26N2Si2/c2*1-25(2)34-19-37(28(7)8)43(38(20-34)29(9)10)46-47(44-39(30(11)12)21-35(26(3)4)22-40(44)31(13)14)45-41(32(15)16)23-36(27(5)6)24-42(45)33(17)18;1-15(2)11-9-14(18(7)8)12(16(3)4)10-13(11)17(5)6/h2*19-33H,1-18H3;9-10H,1-8H3. The Hall–Kier alpha value is -3.25. The molecule has 0 N–H and O–H groups in total. The molecular weight excluding hydrogens is 1620 g/mol. The number of anilines is 2. The van der Waals surface area contributed by atoms with Crippen LogP contribution in [-0.2, 0) is 0 Å². The molecule has 0 saturated carbocycles. The van der Waals surface area contributed by atoms with Gasteiger partial charge >= 0.3 is 605 Å². The smallest absolute Gasteiger partial charge is 0.0820 e. The van der Waals surface area contributed by atoms with Gasteiger partial charge < -0.3 is 9.80 Å². The maximum Gasteiger partial charge on any atom is 0.0820 e. The van der Waals surface area contributed by atoms with Gasteiger partial charge in [-0.05, 0) is 22.5 Å². The minimum Gasteiger partial charge on any atom is -0.378 e. The van der Waals surface area contributed by atoms with Crippen LogP contribution >= 0.6 is 0 Å². The molecule has 0 saturated heterocycles. The maximum atomic E-state index is 2.65. The Labute approximate surface area is 713 Å². The molecule has 0 aliphatic rings. The van der Waals surface area contributed by atoms with E-state index in [2.05, 4.69) is 398 Å². The van der Waals surface area contributed by atoms with E-state index in [-0.39, 0.29) is 0 Å². The first kappa shape index (κ1) is 99.3. The average Bonchev–Trinajstić information content (AvgIpc) is 0.746. The summed E-state index contributed by atoms with van der Waals surface area (Å²) >= 11 is -5.28. The van der Waals surface area contributed by atoms with Crippen LogP contribution in [0, 0.1) is 0 Å². The molecule has 0 amide bonds. The number of nitrogens with zero attached hydrogens (tertiary/aromatic N) is 2. The van der Waals surface area contributed by atoms with Crippen molar-refractivity contribution in [1.29, 1.82) is 0 Å². The minimum absolute atomic E-state index is 0.441. The van der Waals surface area contributed by atoms with E-state index in [1.165, 1.54) is 44.8 Å². The molecule has 0 heterocycles. The molecule has 0 aliphatic heterocycles. The SMILES string of the molecule is CC(C)c1cc(C(C)C)[c]([Ge]=[Ge]([c]2c(C(C)C)cc(C(C)C)cc2C(C)C)[c]2c(C(C)C)cc(C(C)C)cc2C(C)C)c(C(C)C)c1.CC(C)c1cc(C(C)C)[c]([Ge]=[Ge]([c]2c(C(C)C)cc(C(C)C)cc2C(C)C)[c]2c(C(C)C)cc(C(C)C)cc2C(C)C)c(C(C)C)c1.CN(C)c1cc([Si](C)C)c(N(C)C)cc1[Si](C)C. The molecule has 112 heavy (non-hydrogen) atoms. The predicted octanol–water partition coefficient (Wildman–Crippen LogP) is 25.6. The first-order valence-electron chi connectivity index (χ1n) is 44.3. The molecule has 0 unspecified atom stereocenters. The first-order valence-corrected chi connectivity index (χ1v) is 68.6. The zero-order valence-electron chi connectivity index (χ0n) is 80.4. The van der Waals surface area contributed by atoms with Gasteiger partial charge in [-0.3, -0.25) is 0 Å². The van der Waals surface area contributed by atoms with Crippen molar-refractivity contribution in [2.75, 3.05) is 38.0 Å². The summed E-state index contributed by atoms with van der Waals surface area (Å²) in [7, 11) is 7.73. The van der Waals surface area contributed by atoms with E-state index in [1.54, 1.807) is 85.9 Å². The summed E-state index contributed by atoms with van der Waals surface area (Å²) in [5.41, 5.74) is 31.8. The second-order valence-corrected chi connectivity index (χ2v) is 71.8. The summed E-state index contributed by atoms with van der Waals surface area (Å²) in [5.74, 6) is 9.38. The van der Waals surface area contributed by atoms with Crippen LogP contribution in [0.3, 0.4) is 0 Å². The number of hydrogen-bond donors (Lipinski definition) is 0. The molecule has 8 heteroatoms. The van der Waals surface area contributed by atoms with E-state index in [1.807, 2.05) is 17.6 Å². The molecule has 0 fully saturated rings. The van der Waals surface area contributed by atoms with Gasteiger partial charge in [0.05, 0.1) is 17.6 Å². The molecule has 0 spiro atoms. The molecule has 0 atom stereocenters. The van der Waals surface area contributed by atoms with Crippen LogP contribution in [0.15, 0.2) is 84.9 Å². The van der Waals surface area contributed by atoms with Crippen LogP contribution in [0.25, 0.3) is 0 Å². The topological polar surface area (TPSA) is 6.48 Å². The number of rotatable bonds is 28. The van der Waals surface area contributed by atoms with E-state index in [0.29, 0.717) is 107 Å². The Balaban J connectivity index is 0.000000329. The predicted molar refractivity (Wildman–Crippen MR) is 522 cm³/mol. The van der Waals surface area contributed by atoms with Crippen LogP contribution < -0.4 is 46.5 Å². The number of hydrogen-bond acceptors (Lipinski definition) is 2. The number of benzene rings is 7. The Morgan fingerprint density at radius 2 is 0.339 bits per heavy atom. The average molecular weight is 1790 g/mol. The van der Waals surface area contributed by atoms with Crippen molar-refractivity contribution in [3.8, 4) is 0 Å². The molecule has 4 radical (unpaired) electrons. The summed E-state index contributed by atoms with van der Waals surface area (Å²) in [5, 5.41) is 3.08. The van der Waals surface area contributed by atoms with Crippen molar-refractivity contribution in [1.82, 2.24) is 0 Å². The zero-order chi connectivity index (χ0) is 85.3. The van der Waals surface area contributed by atoms with E-state index >= 15 is 0 Å². The van der Waals surface area contributed by atoms with Crippen LogP contribution in [0.2, 0.25) is 26.2 Å². The first-order chi connectivity index (χ1) is 51.8. The van der Waals surface area contributed by atoms with Crippen LogP contribution in [0.5, 0.6) is 0 Å². The molecule has 7 aromatic rings. The van der Waals surface area contributed by atoms with Gasteiger partial charge in [0.15, 0.2) is 0 Å². The van der Waals surface area contributed by atoms with Gasteiger partial charge in [0.25, 0.3) is 0 Å². The minimum atomic E-state index is -2.14. The fraction of sp³-hybridized carbons (Fsp3) is 0.596. The van der Waals surface area contributed by atoms with Gasteiger partial charge in [0.1, 0.15) is 0 Å². The Morgan fingerprint density at radius 1 is 0.205 bits per heavy atom. The largest absolute Gasteiger partial charge is 0.378 e. The molecule has 614 valence electrons. The van der Waals surface area contributed by atoms with Gasteiger partial charge in [-0.15, -0.1) is 0 Å². The van der Waals surface area contributed by atoms with Crippen molar-refractivity contribution in [2.45, 2.75) is 382 Å². The second kappa shape index (κ2) is 43.1. The summed E-state index contributed by atoms with van der Waals surface area (Å²) < 4.78 is 10.9. The van der Waals surface area contributed by atoms with Crippen LogP contribution in [0.4, 0.5) is 11.4 Å². The summed E-state index contributed by atoms with van der Waals surface area (Å²) in [6.07, 6.45) is 0. The fourth-order valence-corrected chi connectivity index (χ4v) is 66.6. The fourth-order valence-electron chi connectivity index (χ4n) is 16.0. The van der Waals surface area contributed by atoms with Gasteiger partial charge in [-0.2, -0.15) is 0 Å². The molecule has 7 rings (SSSR count). The molecular formula is C104H164Ge4N2Si2. The van der Waals surface area contributed by atoms with E-state index in [4.69, 9.17) is 0 Å². The van der Waals surface area contributed by atoms with Crippen molar-refractivity contribution < 1.29 is 0 Å². The van der Waals surface area contributed by atoms with Crippen molar-refractivity contribution >= 4 is 115 Å². The Bertz CT molecular complexity index is 3700. The van der Waals surface area contributed by atoms with Gasteiger partial charge in [-0.25, -0.2) is 0 Å². The third-order valence-corrected chi connectivity index (χ3v) is 61.8. The van der Waals surface area contributed by atoms with E-state index in [0.717, 1.165) is 0 Å². The van der Waals surface area contributed by atoms with Gasteiger partial charge in [-0.1, -0.05) is 26.2 Å². The summed E-state index contributed by atoms with van der Waals surface area (Å²) in [4.78, 5) is 4.53. The normalized spacial score (nSPS) is 12.3. The van der Waals surface area contributed by atoms with Crippen LogP contribution in [0.1, 0.15) is 456 Å². The molecule has 0 aliphatic carbocycles. The zero-order valence-corrected chi connectivity index (χ0v) is 90.8. The summed E-state index contributed by atoms with van der Waals surface area (Å²) in [6, 6.07) is 36.5. The quantitative estimate of drug-likeness (QED) is 0.0451. The molecule has 0 bridgehead atoms. The molecule has 7 aromatic carbocycles. The van der Waals surface area contributed by atoms with Crippen molar-refractivity contribution in [3.63, 3.8) is 0 Å². The Kier molecular flexibility index (Phi) is 38.2. The molecule has 2 nitrogen and oxygen atoms in total. The van der Waals surface area contributed by atoms with Crippen molar-refractivity contribution in [2.24, 2.45) is 0 Å². The monoisotopic (exact) mass is 1790 g/mol. The van der Waals surface area contributed by atoms with E-state index < -0.39 is 67.1 Å². The van der Waals surface area contributed by atoms with Crippen molar-refractivity contribution in [3.05, 3.63) is 185 Å². The van der Waals surface area contributed by atoms with Crippen LogP contribution in [-0.4, -0.2) is 95.3 Å². The third kappa shape index (κ3) is 24.5. The van der Waals surface area contributed by atoms with E-state index in [9.17, 15) is 0 Å². The maximum absolute atomic E-state index is 2.65. The van der Waals surface area contributed by atoms with Gasteiger partial charge in [0.2, 0.25) is 0 Å². The summed E-state index contributed by atoms with van der Waals surface area (Å²) in [6.45, 7) is 97.1. The van der Waals surface area contributed by atoms with Gasteiger partial charge in [0, 0.05) is 39.6 Å². The second-order valence-electron chi connectivity index (χ2n) is 39.9.